The molecule has 0 aliphatic heterocycles. The Morgan fingerprint density at radius 2 is 1.83 bits per heavy atom. The van der Waals surface area contributed by atoms with E-state index in [0.717, 1.165) is 6.42 Å². The second-order valence-corrected chi connectivity index (χ2v) is 4.46. The lowest BCUT2D eigenvalue weighted by molar-refractivity contribution is -0.153. The second-order valence-electron chi connectivity index (χ2n) is 4.46. The minimum absolute atomic E-state index is 0.196. The lowest BCUT2D eigenvalue weighted by Gasteiger charge is -2.37. The Labute approximate surface area is 106 Å². The van der Waals surface area contributed by atoms with Gasteiger partial charge in [-0.3, -0.25) is 9.59 Å². The zero-order valence-electron chi connectivity index (χ0n) is 10.6. The number of rotatable bonds is 4. The van der Waals surface area contributed by atoms with Crippen LogP contribution in [-0.4, -0.2) is 26.0 Å². The summed E-state index contributed by atoms with van der Waals surface area (Å²) in [6, 6.07) is 6.96. The number of ether oxygens (including phenoxy) is 2. The number of carbonyl (C=O) groups excluding carboxylic acids is 2. The zero-order valence-corrected chi connectivity index (χ0v) is 10.6. The summed E-state index contributed by atoms with van der Waals surface area (Å²) in [6.45, 7) is 0. The van der Waals surface area contributed by atoms with Gasteiger partial charge in [0, 0.05) is 0 Å². The van der Waals surface area contributed by atoms with Crippen molar-refractivity contribution in [1.82, 2.24) is 0 Å². The Balaban J connectivity index is 2.38. The molecule has 4 heteroatoms. The van der Waals surface area contributed by atoms with Gasteiger partial charge in [-0.05, 0) is 25.0 Å². The Bertz CT molecular complexity index is 474. The summed E-state index contributed by atoms with van der Waals surface area (Å²) < 4.78 is 9.94. The molecule has 1 aliphatic carbocycles. The first kappa shape index (κ1) is 12.6. The van der Waals surface area contributed by atoms with Crippen molar-refractivity contribution in [2.75, 3.05) is 14.2 Å². The van der Waals surface area contributed by atoms with Gasteiger partial charge in [0.25, 0.3) is 0 Å². The minimum Gasteiger partial charge on any atom is -0.496 e. The maximum Gasteiger partial charge on any atom is 0.319 e. The fourth-order valence-electron chi connectivity index (χ4n) is 2.34. The molecule has 1 aromatic rings. The Morgan fingerprint density at radius 3 is 2.33 bits per heavy atom. The second kappa shape index (κ2) is 4.80. The first-order valence-electron chi connectivity index (χ1n) is 5.92. The van der Waals surface area contributed by atoms with Crippen LogP contribution in [0.2, 0.25) is 0 Å². The van der Waals surface area contributed by atoms with E-state index in [1.807, 2.05) is 0 Å². The third-order valence-electron chi connectivity index (χ3n) is 3.57. The molecule has 18 heavy (non-hydrogen) atoms. The van der Waals surface area contributed by atoms with Crippen LogP contribution in [0.1, 0.15) is 29.6 Å². The van der Waals surface area contributed by atoms with E-state index < -0.39 is 11.4 Å². The number of Topliss-reactive ketones (excluding diaryl/α,β-unsaturated/α-hetero) is 1. The van der Waals surface area contributed by atoms with Crippen molar-refractivity contribution in [3.63, 3.8) is 0 Å². The predicted octanol–water partition coefficient (Wildman–Crippen LogP) is 2.22. The smallest absolute Gasteiger partial charge is 0.319 e. The SMILES string of the molecule is COC(=O)C1(C(=O)c2ccccc2OC)CCC1. The third kappa shape index (κ3) is 1.78. The first-order valence-corrected chi connectivity index (χ1v) is 5.92. The molecular weight excluding hydrogens is 232 g/mol. The number of hydrogen-bond acceptors (Lipinski definition) is 4. The Hall–Kier alpha value is -1.84. The molecule has 0 spiro atoms. The molecule has 0 unspecified atom stereocenters. The van der Waals surface area contributed by atoms with Crippen molar-refractivity contribution in [3.05, 3.63) is 29.8 Å². The highest BCUT2D eigenvalue weighted by molar-refractivity contribution is 6.14. The zero-order chi connectivity index (χ0) is 13.2. The van der Waals surface area contributed by atoms with E-state index in [2.05, 4.69) is 0 Å². The van der Waals surface area contributed by atoms with Crippen LogP contribution in [0.3, 0.4) is 0 Å². The van der Waals surface area contributed by atoms with Gasteiger partial charge in [0.05, 0.1) is 19.8 Å². The lowest BCUT2D eigenvalue weighted by Crippen LogP contribution is -2.46. The van der Waals surface area contributed by atoms with Crippen molar-refractivity contribution < 1.29 is 19.1 Å². The van der Waals surface area contributed by atoms with E-state index in [1.165, 1.54) is 14.2 Å². The summed E-state index contributed by atoms with van der Waals surface area (Å²) in [6.07, 6.45) is 1.98. The highest BCUT2D eigenvalue weighted by atomic mass is 16.5. The van der Waals surface area contributed by atoms with Gasteiger partial charge in [-0.1, -0.05) is 18.6 Å². The molecule has 0 aromatic heterocycles. The van der Waals surface area contributed by atoms with E-state index in [-0.39, 0.29) is 5.78 Å². The van der Waals surface area contributed by atoms with Gasteiger partial charge in [0.1, 0.15) is 11.2 Å². The van der Waals surface area contributed by atoms with Crippen LogP contribution in [-0.2, 0) is 9.53 Å². The topological polar surface area (TPSA) is 52.6 Å². The van der Waals surface area contributed by atoms with Crippen molar-refractivity contribution >= 4 is 11.8 Å². The number of carbonyl (C=O) groups is 2. The van der Waals surface area contributed by atoms with Crippen LogP contribution in [0.5, 0.6) is 5.75 Å². The minimum atomic E-state index is -0.997. The summed E-state index contributed by atoms with van der Waals surface area (Å²) in [5.74, 6) is -0.139. The number of hydrogen-bond donors (Lipinski definition) is 0. The number of methoxy groups -OCH3 is 2. The van der Waals surface area contributed by atoms with Gasteiger partial charge >= 0.3 is 5.97 Å². The predicted molar refractivity (Wildman–Crippen MR) is 65.6 cm³/mol. The van der Waals surface area contributed by atoms with Gasteiger partial charge in [0.2, 0.25) is 0 Å². The number of para-hydroxylation sites is 1. The van der Waals surface area contributed by atoms with Crippen LogP contribution in [0, 0.1) is 5.41 Å². The standard InChI is InChI=1S/C14H16O4/c1-17-11-7-4-3-6-10(11)12(15)14(8-5-9-14)13(16)18-2/h3-4,6-7H,5,8-9H2,1-2H3. The van der Waals surface area contributed by atoms with Crippen molar-refractivity contribution in [1.29, 1.82) is 0 Å². The summed E-state index contributed by atoms with van der Waals surface area (Å²) in [7, 11) is 2.83. The Kier molecular flexibility index (Phi) is 3.36. The number of esters is 1. The van der Waals surface area contributed by atoms with Crippen LogP contribution < -0.4 is 4.74 Å². The number of benzene rings is 1. The van der Waals surface area contributed by atoms with Crippen LogP contribution in [0.4, 0.5) is 0 Å². The molecule has 0 bridgehead atoms. The molecule has 96 valence electrons. The molecule has 0 amide bonds. The van der Waals surface area contributed by atoms with Crippen molar-refractivity contribution in [3.8, 4) is 5.75 Å². The van der Waals surface area contributed by atoms with Gasteiger partial charge in [0.15, 0.2) is 5.78 Å². The van der Waals surface area contributed by atoms with Crippen molar-refractivity contribution in [2.45, 2.75) is 19.3 Å². The first-order chi connectivity index (χ1) is 8.65. The van der Waals surface area contributed by atoms with Gasteiger partial charge in [-0.25, -0.2) is 0 Å². The molecule has 0 saturated heterocycles. The largest absolute Gasteiger partial charge is 0.496 e. The van der Waals surface area contributed by atoms with E-state index in [1.54, 1.807) is 24.3 Å². The monoisotopic (exact) mass is 248 g/mol. The van der Waals surface area contributed by atoms with Crippen LogP contribution >= 0.6 is 0 Å². The van der Waals surface area contributed by atoms with Gasteiger partial charge in [-0.2, -0.15) is 0 Å². The Morgan fingerprint density at radius 1 is 1.17 bits per heavy atom. The molecule has 0 heterocycles. The van der Waals surface area contributed by atoms with Crippen LogP contribution in [0.25, 0.3) is 0 Å². The molecule has 4 nitrogen and oxygen atoms in total. The van der Waals surface area contributed by atoms with Gasteiger partial charge in [-0.15, -0.1) is 0 Å². The quantitative estimate of drug-likeness (QED) is 0.466. The number of ketones is 1. The summed E-state index contributed by atoms with van der Waals surface area (Å²) in [5.41, 5.74) is -0.547. The van der Waals surface area contributed by atoms with E-state index in [0.29, 0.717) is 24.2 Å². The molecule has 0 atom stereocenters. The summed E-state index contributed by atoms with van der Waals surface area (Å²) in [5, 5.41) is 0. The molecule has 0 N–H and O–H groups in total. The average Bonchev–Trinajstić information content (AvgIpc) is 2.36. The lowest BCUT2D eigenvalue weighted by atomic mass is 9.64. The van der Waals surface area contributed by atoms with Crippen molar-refractivity contribution in [2.24, 2.45) is 5.41 Å². The molecular formula is C14H16O4. The van der Waals surface area contributed by atoms with Crippen LogP contribution in [0.15, 0.2) is 24.3 Å². The van der Waals surface area contributed by atoms with E-state index in [4.69, 9.17) is 9.47 Å². The fraction of sp³-hybridized carbons (Fsp3) is 0.429. The molecule has 1 aliphatic rings. The van der Waals surface area contributed by atoms with E-state index in [9.17, 15) is 9.59 Å². The highest BCUT2D eigenvalue weighted by Gasteiger charge is 2.52. The summed E-state index contributed by atoms with van der Waals surface area (Å²) >= 11 is 0. The average molecular weight is 248 g/mol. The summed E-state index contributed by atoms with van der Waals surface area (Å²) in [4.78, 5) is 24.4. The molecule has 2 rings (SSSR count). The molecule has 0 radical (unpaired) electrons. The molecule has 1 fully saturated rings. The fourth-order valence-corrected chi connectivity index (χ4v) is 2.34. The maximum absolute atomic E-state index is 12.5. The van der Waals surface area contributed by atoms with E-state index >= 15 is 0 Å². The highest BCUT2D eigenvalue weighted by Crippen LogP contribution is 2.45. The third-order valence-corrected chi connectivity index (χ3v) is 3.57. The normalized spacial score (nSPS) is 16.6. The molecule has 1 aromatic carbocycles. The maximum atomic E-state index is 12.5. The molecule has 1 saturated carbocycles. The van der Waals surface area contributed by atoms with Gasteiger partial charge < -0.3 is 9.47 Å².